The molecule has 4 nitrogen and oxygen atoms in total. The van der Waals surface area contributed by atoms with Crippen molar-refractivity contribution in [3.63, 3.8) is 0 Å². The van der Waals surface area contributed by atoms with Crippen LogP contribution in [0.15, 0.2) is 30.6 Å². The van der Waals surface area contributed by atoms with E-state index in [2.05, 4.69) is 29.5 Å². The van der Waals surface area contributed by atoms with Crippen molar-refractivity contribution in [1.29, 1.82) is 0 Å². The minimum Gasteiger partial charge on any atom is -0.384 e. The first kappa shape index (κ1) is 22.8. The van der Waals surface area contributed by atoms with Gasteiger partial charge in [-0.2, -0.15) is 0 Å². The van der Waals surface area contributed by atoms with E-state index < -0.39 is 0 Å². The van der Waals surface area contributed by atoms with Crippen molar-refractivity contribution in [1.82, 2.24) is 9.55 Å². The fourth-order valence-corrected chi connectivity index (χ4v) is 9.76. The van der Waals surface area contributed by atoms with Crippen LogP contribution in [0.1, 0.15) is 71.6 Å². The zero-order valence-electron chi connectivity index (χ0n) is 21.3. The highest BCUT2D eigenvalue weighted by atomic mass is 16.5. The molecular weight excluding hydrogens is 420 g/mol. The van der Waals surface area contributed by atoms with Crippen LogP contribution in [0.5, 0.6) is 0 Å². The van der Waals surface area contributed by atoms with Gasteiger partial charge >= 0.3 is 0 Å². The lowest BCUT2D eigenvalue weighted by molar-refractivity contribution is -0.154. The van der Waals surface area contributed by atoms with Crippen LogP contribution in [-0.2, 0) is 16.1 Å². The number of ketones is 1. The number of imidazole rings is 1. The van der Waals surface area contributed by atoms with E-state index in [-0.39, 0.29) is 11.3 Å². The first-order chi connectivity index (χ1) is 16.5. The topological polar surface area (TPSA) is 44.1 Å². The minimum atomic E-state index is 0.164. The molecule has 8 atom stereocenters. The summed E-state index contributed by atoms with van der Waals surface area (Å²) in [5.74, 6) is 4.62. The summed E-state index contributed by atoms with van der Waals surface area (Å²) in [7, 11) is 1.92. The van der Waals surface area contributed by atoms with Gasteiger partial charge in [0.2, 0.25) is 0 Å². The van der Waals surface area contributed by atoms with Gasteiger partial charge in [0.05, 0.1) is 30.5 Å². The summed E-state index contributed by atoms with van der Waals surface area (Å²) in [6.07, 6.45) is 13.6. The van der Waals surface area contributed by atoms with E-state index in [0.29, 0.717) is 23.7 Å². The summed E-state index contributed by atoms with van der Waals surface area (Å²) >= 11 is 0. The number of hydrogen-bond acceptors (Lipinski definition) is 3. The van der Waals surface area contributed by atoms with Gasteiger partial charge in [0.1, 0.15) is 0 Å². The molecule has 1 aromatic carbocycles. The lowest BCUT2D eigenvalue weighted by atomic mass is 9.44. The van der Waals surface area contributed by atoms with Gasteiger partial charge in [-0.05, 0) is 104 Å². The highest BCUT2D eigenvalue weighted by Gasteiger charge is 2.62. The number of methoxy groups -OCH3 is 1. The monoisotopic (exact) mass is 462 g/mol. The Morgan fingerprint density at radius 2 is 1.94 bits per heavy atom. The van der Waals surface area contributed by atoms with Crippen molar-refractivity contribution in [2.24, 2.45) is 46.3 Å². The van der Waals surface area contributed by atoms with Crippen LogP contribution < -0.4 is 0 Å². The van der Waals surface area contributed by atoms with Crippen molar-refractivity contribution >= 4 is 16.8 Å². The Labute approximate surface area is 204 Å². The van der Waals surface area contributed by atoms with Gasteiger partial charge < -0.3 is 9.30 Å². The minimum absolute atomic E-state index is 0.164. The van der Waals surface area contributed by atoms with Crippen LogP contribution in [0.3, 0.4) is 0 Å². The predicted molar refractivity (Wildman–Crippen MR) is 135 cm³/mol. The molecule has 1 aromatic heterocycles. The molecule has 4 aliphatic rings. The third-order valence-electron chi connectivity index (χ3n) is 11.3. The van der Waals surface area contributed by atoms with E-state index in [4.69, 9.17) is 4.74 Å². The van der Waals surface area contributed by atoms with Gasteiger partial charge in [0.25, 0.3) is 0 Å². The lowest BCUT2D eigenvalue weighted by Crippen LogP contribution is -2.56. The summed E-state index contributed by atoms with van der Waals surface area (Å²) in [6.45, 7) is 6.35. The fraction of sp³-hybridized carbons (Fsp3) is 0.733. The molecule has 0 radical (unpaired) electrons. The summed E-state index contributed by atoms with van der Waals surface area (Å²) < 4.78 is 8.02. The molecule has 4 fully saturated rings. The summed E-state index contributed by atoms with van der Waals surface area (Å²) in [5, 5.41) is 0. The quantitative estimate of drug-likeness (QED) is 0.508. The number of Topliss-reactive ketones (excluding diaryl/α,β-unsaturated/α-hetero) is 1. The maximum absolute atomic E-state index is 13.7. The van der Waals surface area contributed by atoms with E-state index in [1.807, 2.05) is 31.6 Å². The third kappa shape index (κ3) is 3.34. The Balaban J connectivity index is 1.24. The van der Waals surface area contributed by atoms with Crippen molar-refractivity contribution in [2.45, 2.75) is 78.2 Å². The predicted octanol–water partition coefficient (Wildman–Crippen LogP) is 6.53. The zero-order chi connectivity index (χ0) is 23.5. The first-order valence-electron chi connectivity index (χ1n) is 13.9. The van der Waals surface area contributed by atoms with E-state index in [1.165, 1.54) is 51.4 Å². The van der Waals surface area contributed by atoms with Crippen LogP contribution >= 0.6 is 0 Å². The average molecular weight is 463 g/mol. The van der Waals surface area contributed by atoms with Gasteiger partial charge in [0.15, 0.2) is 5.78 Å². The van der Waals surface area contributed by atoms with Gasteiger partial charge in [-0.1, -0.05) is 32.4 Å². The highest BCUT2D eigenvalue weighted by Crippen LogP contribution is 2.68. The summed E-state index contributed by atoms with van der Waals surface area (Å²) in [4.78, 5) is 18.3. The molecule has 2 aromatic rings. The molecule has 0 bridgehead atoms. The van der Waals surface area contributed by atoms with E-state index in [1.54, 1.807) is 0 Å². The maximum atomic E-state index is 13.7. The van der Waals surface area contributed by atoms with Crippen LogP contribution in [0.25, 0.3) is 11.0 Å². The number of aromatic nitrogens is 2. The molecule has 4 aliphatic carbocycles. The van der Waals surface area contributed by atoms with Crippen LogP contribution in [0, 0.1) is 46.3 Å². The second kappa shape index (κ2) is 8.47. The molecule has 6 rings (SSSR count). The highest BCUT2D eigenvalue weighted by molar-refractivity contribution is 5.84. The molecule has 34 heavy (non-hydrogen) atoms. The Kier molecular flexibility index (Phi) is 5.67. The first-order valence-corrected chi connectivity index (χ1v) is 13.9. The Hall–Kier alpha value is -1.68. The van der Waals surface area contributed by atoms with Crippen molar-refractivity contribution < 1.29 is 9.53 Å². The molecule has 4 saturated carbocycles. The molecular formula is C30H42N2O2. The Morgan fingerprint density at radius 1 is 1.09 bits per heavy atom. The number of nitrogens with zero attached hydrogens (tertiary/aromatic N) is 2. The maximum Gasteiger partial charge on any atom is 0.156 e. The van der Waals surface area contributed by atoms with Crippen LogP contribution in [0.2, 0.25) is 0 Å². The fourth-order valence-electron chi connectivity index (χ4n) is 9.76. The molecule has 184 valence electrons. The summed E-state index contributed by atoms with van der Waals surface area (Å²) in [5.41, 5.74) is 2.61. The molecule has 0 saturated heterocycles. The van der Waals surface area contributed by atoms with Crippen LogP contribution in [0.4, 0.5) is 0 Å². The average Bonchev–Trinajstić information content (AvgIpc) is 3.40. The van der Waals surface area contributed by atoms with E-state index in [9.17, 15) is 4.79 Å². The van der Waals surface area contributed by atoms with Crippen molar-refractivity contribution in [2.75, 3.05) is 13.7 Å². The van der Waals surface area contributed by atoms with Gasteiger partial charge in [0, 0.05) is 13.0 Å². The SMILES string of the molecule is COCC12CCC(C)CC1CCC1C2CCC2(C)C1CC[C@@H]2C(=O)Cn1cnc2ccccc21. The lowest BCUT2D eigenvalue weighted by Gasteiger charge is -2.62. The van der Waals surface area contributed by atoms with Gasteiger partial charge in [-0.3, -0.25) is 4.79 Å². The molecule has 0 amide bonds. The Bertz CT molecular complexity index is 1060. The normalized spacial score (nSPS) is 41.6. The van der Waals surface area contributed by atoms with E-state index >= 15 is 0 Å². The second-order valence-corrected chi connectivity index (χ2v) is 12.7. The molecule has 0 spiro atoms. The number of para-hydroxylation sites is 2. The number of rotatable bonds is 5. The molecule has 1 heterocycles. The van der Waals surface area contributed by atoms with E-state index in [0.717, 1.165) is 47.7 Å². The van der Waals surface area contributed by atoms with Crippen molar-refractivity contribution in [3.05, 3.63) is 30.6 Å². The van der Waals surface area contributed by atoms with Gasteiger partial charge in [-0.25, -0.2) is 4.98 Å². The molecule has 0 N–H and O–H groups in total. The van der Waals surface area contributed by atoms with Crippen LogP contribution in [-0.4, -0.2) is 29.1 Å². The Morgan fingerprint density at radius 3 is 2.79 bits per heavy atom. The van der Waals surface area contributed by atoms with Gasteiger partial charge in [-0.15, -0.1) is 0 Å². The molecule has 7 unspecified atom stereocenters. The number of hydrogen-bond donors (Lipinski definition) is 0. The summed E-state index contributed by atoms with van der Waals surface area (Å²) in [6, 6.07) is 8.17. The second-order valence-electron chi connectivity index (χ2n) is 12.7. The smallest absolute Gasteiger partial charge is 0.156 e. The number of ether oxygens (including phenoxy) is 1. The standard InChI is InChI=1S/C30H42N2O2/c1-20-12-15-30(18-34-3)21(16-20)8-9-22-23-10-11-25(29(23,2)14-13-24(22)30)28(33)17-32-19-31-26-6-4-5-7-27(26)32/h4-7,19-25H,8-18H2,1-3H3/t20?,21?,22?,23?,24?,25-,29?,30?/m1/s1. The molecule has 4 heteroatoms. The third-order valence-corrected chi connectivity index (χ3v) is 11.3. The number of carbonyl (C=O) groups is 1. The number of carbonyl (C=O) groups excluding carboxylic acids is 1. The molecule has 0 aliphatic heterocycles. The zero-order valence-corrected chi connectivity index (χ0v) is 21.3. The largest absolute Gasteiger partial charge is 0.384 e. The number of benzene rings is 1. The number of fused-ring (bicyclic) bond motifs is 6. The van der Waals surface area contributed by atoms with Crippen molar-refractivity contribution in [3.8, 4) is 0 Å².